The summed E-state index contributed by atoms with van der Waals surface area (Å²) in [7, 11) is 1.04. The first kappa shape index (κ1) is 22.3. The lowest BCUT2D eigenvalue weighted by Gasteiger charge is -2.41. The summed E-state index contributed by atoms with van der Waals surface area (Å²) in [4.78, 5) is 0. The second kappa shape index (κ2) is 8.38. The molecule has 0 amide bonds. The quantitative estimate of drug-likeness (QED) is 0.451. The van der Waals surface area contributed by atoms with Gasteiger partial charge in [0.25, 0.3) is 0 Å². The number of benzene rings is 1. The molecule has 0 unspecified atom stereocenters. The Hall–Kier alpha value is -1.40. The molecule has 0 spiro atoms. The van der Waals surface area contributed by atoms with Crippen LogP contribution < -0.4 is 4.74 Å². The van der Waals surface area contributed by atoms with E-state index in [0.29, 0.717) is 36.7 Å². The third-order valence-corrected chi connectivity index (χ3v) is 7.04. The minimum absolute atomic E-state index is 0.0282. The standard InChI is InChI=1S/C22H28F6O/c1-13-3-5-14(6-4-13)15-7-9-16(10-8-15)21(25,26)22(27,28)17-11-12-18(29-2)20(24)19(17)23/h11-16H,3-10H2,1-2H3. The second-order valence-electron chi connectivity index (χ2n) is 8.77. The van der Waals surface area contributed by atoms with Crippen molar-refractivity contribution in [1.82, 2.24) is 0 Å². The molecule has 1 aromatic carbocycles. The lowest BCUT2D eigenvalue weighted by Crippen LogP contribution is -2.46. The van der Waals surface area contributed by atoms with Crippen LogP contribution in [0.3, 0.4) is 0 Å². The number of hydrogen-bond acceptors (Lipinski definition) is 1. The summed E-state index contributed by atoms with van der Waals surface area (Å²) < 4.78 is 91.5. The maximum atomic E-state index is 14.8. The average molecular weight is 422 g/mol. The Morgan fingerprint density at radius 3 is 1.83 bits per heavy atom. The molecule has 0 saturated heterocycles. The van der Waals surface area contributed by atoms with Gasteiger partial charge in [-0.2, -0.15) is 22.0 Å². The zero-order chi connectivity index (χ0) is 21.4. The number of alkyl halides is 4. The molecule has 2 aliphatic rings. The van der Waals surface area contributed by atoms with Crippen LogP contribution in [0.5, 0.6) is 5.75 Å². The van der Waals surface area contributed by atoms with Crippen LogP contribution in [0.2, 0.25) is 0 Å². The van der Waals surface area contributed by atoms with E-state index in [1.807, 2.05) is 0 Å². The van der Waals surface area contributed by atoms with Crippen LogP contribution in [0.4, 0.5) is 26.3 Å². The fourth-order valence-corrected chi connectivity index (χ4v) is 5.08. The van der Waals surface area contributed by atoms with Crippen LogP contribution in [-0.4, -0.2) is 13.0 Å². The molecule has 2 aliphatic carbocycles. The van der Waals surface area contributed by atoms with E-state index in [0.717, 1.165) is 38.9 Å². The number of rotatable bonds is 5. The maximum Gasteiger partial charge on any atom is 0.338 e. The fraction of sp³-hybridized carbons (Fsp3) is 0.727. The van der Waals surface area contributed by atoms with Crippen molar-refractivity contribution in [3.05, 3.63) is 29.3 Å². The Labute approximate surface area is 167 Å². The molecular formula is C22H28F6O. The van der Waals surface area contributed by atoms with Gasteiger partial charge in [-0.25, -0.2) is 4.39 Å². The van der Waals surface area contributed by atoms with Crippen molar-refractivity contribution in [3.8, 4) is 5.75 Å². The van der Waals surface area contributed by atoms with Gasteiger partial charge < -0.3 is 4.74 Å². The Balaban J connectivity index is 1.72. The summed E-state index contributed by atoms with van der Waals surface area (Å²) in [6.45, 7) is 2.21. The van der Waals surface area contributed by atoms with Crippen molar-refractivity contribution in [1.29, 1.82) is 0 Å². The predicted molar refractivity (Wildman–Crippen MR) is 98.3 cm³/mol. The Morgan fingerprint density at radius 1 is 0.793 bits per heavy atom. The predicted octanol–water partition coefficient (Wildman–Crippen LogP) is 7.33. The Bertz CT molecular complexity index is 703. The van der Waals surface area contributed by atoms with Gasteiger partial charge in [-0.1, -0.05) is 19.8 Å². The van der Waals surface area contributed by atoms with E-state index in [1.54, 1.807) is 0 Å². The number of ether oxygens (including phenoxy) is 1. The topological polar surface area (TPSA) is 9.23 Å². The van der Waals surface area contributed by atoms with Gasteiger partial charge in [0.15, 0.2) is 11.6 Å². The molecule has 0 bridgehead atoms. The monoisotopic (exact) mass is 422 g/mol. The molecule has 2 fully saturated rings. The molecule has 0 aromatic heterocycles. The van der Waals surface area contributed by atoms with Gasteiger partial charge in [0.1, 0.15) is 0 Å². The first-order valence-electron chi connectivity index (χ1n) is 10.4. The molecule has 3 rings (SSSR count). The molecule has 1 aromatic rings. The summed E-state index contributed by atoms with van der Waals surface area (Å²) >= 11 is 0. The van der Waals surface area contributed by atoms with Gasteiger partial charge in [-0.05, 0) is 68.4 Å². The maximum absolute atomic E-state index is 14.8. The number of methoxy groups -OCH3 is 1. The van der Waals surface area contributed by atoms with Crippen molar-refractivity contribution < 1.29 is 31.1 Å². The van der Waals surface area contributed by atoms with Gasteiger partial charge in [-0.15, -0.1) is 0 Å². The van der Waals surface area contributed by atoms with Crippen LogP contribution >= 0.6 is 0 Å². The minimum Gasteiger partial charge on any atom is -0.494 e. The first-order chi connectivity index (χ1) is 13.6. The van der Waals surface area contributed by atoms with E-state index in [4.69, 9.17) is 0 Å². The molecule has 0 N–H and O–H groups in total. The molecule has 164 valence electrons. The third-order valence-electron chi connectivity index (χ3n) is 7.04. The van der Waals surface area contributed by atoms with Crippen molar-refractivity contribution in [2.45, 2.75) is 70.1 Å². The van der Waals surface area contributed by atoms with Crippen molar-refractivity contribution in [2.24, 2.45) is 23.7 Å². The molecular weight excluding hydrogens is 394 g/mol. The zero-order valence-corrected chi connectivity index (χ0v) is 16.8. The van der Waals surface area contributed by atoms with Crippen LogP contribution in [-0.2, 0) is 5.92 Å². The van der Waals surface area contributed by atoms with E-state index in [-0.39, 0.29) is 12.8 Å². The van der Waals surface area contributed by atoms with E-state index in [9.17, 15) is 26.3 Å². The van der Waals surface area contributed by atoms with Gasteiger partial charge >= 0.3 is 11.8 Å². The third kappa shape index (κ3) is 4.11. The normalized spacial score (nSPS) is 29.0. The summed E-state index contributed by atoms with van der Waals surface area (Å²) in [6.07, 6.45) is 5.30. The molecule has 0 aliphatic heterocycles. The molecule has 0 atom stereocenters. The highest BCUT2D eigenvalue weighted by atomic mass is 19.3. The highest BCUT2D eigenvalue weighted by molar-refractivity contribution is 5.34. The molecule has 2 saturated carbocycles. The molecule has 0 heterocycles. The smallest absolute Gasteiger partial charge is 0.338 e. The highest BCUT2D eigenvalue weighted by Gasteiger charge is 2.63. The average Bonchev–Trinajstić information content (AvgIpc) is 2.70. The van der Waals surface area contributed by atoms with Gasteiger partial charge in [0.05, 0.1) is 12.7 Å². The molecule has 0 radical (unpaired) electrons. The highest BCUT2D eigenvalue weighted by Crippen LogP contribution is 2.54. The first-order valence-corrected chi connectivity index (χ1v) is 10.4. The van der Waals surface area contributed by atoms with Gasteiger partial charge in [0, 0.05) is 5.92 Å². The van der Waals surface area contributed by atoms with E-state index < -0.39 is 40.7 Å². The van der Waals surface area contributed by atoms with Crippen molar-refractivity contribution in [3.63, 3.8) is 0 Å². The second-order valence-corrected chi connectivity index (χ2v) is 8.77. The Morgan fingerprint density at radius 2 is 1.31 bits per heavy atom. The summed E-state index contributed by atoms with van der Waals surface area (Å²) in [5.41, 5.74) is -1.62. The SMILES string of the molecule is COc1ccc(C(F)(F)C(F)(F)C2CCC(C3CCC(C)CC3)CC2)c(F)c1F. The summed E-state index contributed by atoms with van der Waals surface area (Å²) in [6, 6.07) is 1.23. The van der Waals surface area contributed by atoms with E-state index in [1.165, 1.54) is 0 Å². The fourth-order valence-electron chi connectivity index (χ4n) is 5.08. The van der Waals surface area contributed by atoms with Gasteiger partial charge in [0.2, 0.25) is 5.82 Å². The lowest BCUT2D eigenvalue weighted by molar-refractivity contribution is -0.251. The summed E-state index contributed by atoms with van der Waals surface area (Å²) in [5.74, 6) is -13.6. The summed E-state index contributed by atoms with van der Waals surface area (Å²) in [5, 5.41) is 0. The van der Waals surface area contributed by atoms with Crippen LogP contribution in [0, 0.1) is 35.3 Å². The van der Waals surface area contributed by atoms with Gasteiger partial charge in [-0.3, -0.25) is 0 Å². The number of hydrogen-bond donors (Lipinski definition) is 0. The minimum atomic E-state index is -4.80. The van der Waals surface area contributed by atoms with Crippen LogP contribution in [0.25, 0.3) is 0 Å². The van der Waals surface area contributed by atoms with E-state index >= 15 is 0 Å². The van der Waals surface area contributed by atoms with Crippen molar-refractivity contribution in [2.75, 3.05) is 7.11 Å². The molecule has 29 heavy (non-hydrogen) atoms. The largest absolute Gasteiger partial charge is 0.494 e. The molecule has 1 nitrogen and oxygen atoms in total. The van der Waals surface area contributed by atoms with Crippen LogP contribution in [0.1, 0.15) is 63.9 Å². The lowest BCUT2D eigenvalue weighted by atomic mass is 9.68. The van der Waals surface area contributed by atoms with E-state index in [2.05, 4.69) is 11.7 Å². The van der Waals surface area contributed by atoms with Crippen molar-refractivity contribution >= 4 is 0 Å². The number of halogens is 6. The van der Waals surface area contributed by atoms with Crippen LogP contribution in [0.15, 0.2) is 12.1 Å². The molecule has 7 heteroatoms. The zero-order valence-electron chi connectivity index (χ0n) is 16.8. The Kier molecular flexibility index (Phi) is 6.44.